The summed E-state index contributed by atoms with van der Waals surface area (Å²) in [5.74, 6) is 2.81. The van der Waals surface area contributed by atoms with Crippen LogP contribution >= 0.6 is 24.0 Å². The van der Waals surface area contributed by atoms with Gasteiger partial charge in [-0.15, -0.1) is 24.0 Å². The topological polar surface area (TPSA) is 74.5 Å². The van der Waals surface area contributed by atoms with Gasteiger partial charge >= 0.3 is 0 Å². The maximum Gasteiger partial charge on any atom is 0.225 e. The Balaban J connectivity index is 0.00000272. The molecule has 0 spiro atoms. The van der Waals surface area contributed by atoms with Crippen molar-refractivity contribution in [1.29, 1.82) is 0 Å². The van der Waals surface area contributed by atoms with Gasteiger partial charge in [0.25, 0.3) is 0 Å². The molecular formula is C22H29IN8. The second-order valence-corrected chi connectivity index (χ2v) is 7.20. The highest BCUT2D eigenvalue weighted by Crippen LogP contribution is 2.10. The van der Waals surface area contributed by atoms with Crippen molar-refractivity contribution in [2.45, 2.75) is 13.0 Å². The van der Waals surface area contributed by atoms with Crippen LogP contribution in [0.1, 0.15) is 11.4 Å². The van der Waals surface area contributed by atoms with Crippen LogP contribution in [0.15, 0.2) is 66.2 Å². The zero-order valence-corrected chi connectivity index (χ0v) is 20.1. The lowest BCUT2D eigenvalue weighted by Crippen LogP contribution is -2.53. The van der Waals surface area contributed by atoms with E-state index in [9.17, 15) is 0 Å². The Hall–Kier alpha value is -2.69. The number of halogens is 1. The molecule has 1 aliphatic rings. The first-order valence-electron chi connectivity index (χ1n) is 10.3. The smallest absolute Gasteiger partial charge is 0.225 e. The van der Waals surface area contributed by atoms with Crippen molar-refractivity contribution in [2.24, 2.45) is 4.99 Å². The van der Waals surface area contributed by atoms with Crippen LogP contribution in [0, 0.1) is 0 Å². The Morgan fingerprint density at radius 3 is 2.42 bits per heavy atom. The van der Waals surface area contributed by atoms with Crippen molar-refractivity contribution >= 4 is 35.9 Å². The van der Waals surface area contributed by atoms with Crippen LogP contribution in [0.3, 0.4) is 0 Å². The first-order chi connectivity index (χ1) is 14.8. The molecule has 3 heterocycles. The largest absolute Gasteiger partial charge is 0.356 e. The lowest BCUT2D eigenvalue weighted by Gasteiger charge is -2.36. The summed E-state index contributed by atoms with van der Waals surface area (Å²) in [6.07, 6.45) is 8.34. The van der Waals surface area contributed by atoms with Gasteiger partial charge in [-0.05, 0) is 11.6 Å². The minimum atomic E-state index is 0. The molecule has 1 aliphatic heterocycles. The fourth-order valence-electron chi connectivity index (χ4n) is 3.68. The van der Waals surface area contributed by atoms with Crippen molar-refractivity contribution in [3.63, 3.8) is 0 Å². The number of nitrogens with zero attached hydrogens (tertiary/aromatic N) is 7. The number of hydrogen-bond acceptors (Lipinski definition) is 5. The van der Waals surface area contributed by atoms with Crippen LogP contribution in [0.25, 0.3) is 0 Å². The van der Waals surface area contributed by atoms with E-state index in [1.54, 1.807) is 12.4 Å². The highest BCUT2D eigenvalue weighted by molar-refractivity contribution is 14.0. The fraction of sp³-hybridized carbons (Fsp3) is 0.364. The predicted molar refractivity (Wildman–Crippen MR) is 134 cm³/mol. The molecule has 0 unspecified atom stereocenters. The lowest BCUT2D eigenvalue weighted by atomic mass is 10.2. The molecule has 2 aromatic heterocycles. The Bertz CT molecular complexity index is 936. The quantitative estimate of drug-likeness (QED) is 0.299. The summed E-state index contributed by atoms with van der Waals surface area (Å²) in [5.41, 5.74) is 1.28. The van der Waals surface area contributed by atoms with Gasteiger partial charge in [0.15, 0.2) is 5.96 Å². The van der Waals surface area contributed by atoms with E-state index in [4.69, 9.17) is 0 Å². The molecule has 1 fully saturated rings. The Labute approximate surface area is 200 Å². The average Bonchev–Trinajstić information content (AvgIpc) is 3.25. The zero-order valence-electron chi connectivity index (χ0n) is 17.8. The molecule has 0 atom stereocenters. The Morgan fingerprint density at radius 2 is 1.71 bits per heavy atom. The third kappa shape index (κ3) is 6.16. The number of benzene rings is 1. The van der Waals surface area contributed by atoms with Crippen LogP contribution in [0.2, 0.25) is 0 Å². The standard InChI is InChI=1S/C22H28N8.HI/c1-23-21(28-14-16-29(17-15-28)22-25-9-5-10-26-22)27-11-8-20-24-12-13-30(20)18-19-6-3-2-4-7-19;/h2-7,9-10,12-13H,8,11,14-18H2,1H3,(H,23,27);1H. The minimum Gasteiger partial charge on any atom is -0.356 e. The summed E-state index contributed by atoms with van der Waals surface area (Å²) < 4.78 is 2.21. The van der Waals surface area contributed by atoms with E-state index in [2.05, 4.69) is 63.9 Å². The molecule has 0 amide bonds. The number of imidazole rings is 1. The highest BCUT2D eigenvalue weighted by atomic mass is 127. The maximum absolute atomic E-state index is 4.54. The van der Waals surface area contributed by atoms with Crippen LogP contribution in [-0.2, 0) is 13.0 Å². The van der Waals surface area contributed by atoms with Gasteiger partial charge in [-0.2, -0.15) is 0 Å². The summed E-state index contributed by atoms with van der Waals surface area (Å²) in [4.78, 5) is 22.2. The highest BCUT2D eigenvalue weighted by Gasteiger charge is 2.21. The number of anilines is 1. The summed E-state index contributed by atoms with van der Waals surface area (Å²) in [6.45, 7) is 5.18. The lowest BCUT2D eigenvalue weighted by molar-refractivity contribution is 0.370. The molecule has 0 bridgehead atoms. The number of aliphatic imine (C=N–C) groups is 1. The molecule has 0 radical (unpaired) electrons. The molecule has 1 saturated heterocycles. The molecule has 4 rings (SSSR count). The molecule has 0 aliphatic carbocycles. The van der Waals surface area contributed by atoms with Crippen molar-refractivity contribution < 1.29 is 0 Å². The van der Waals surface area contributed by atoms with Crippen LogP contribution in [0.4, 0.5) is 5.95 Å². The van der Waals surface area contributed by atoms with Gasteiger partial charge in [0.1, 0.15) is 5.82 Å². The third-order valence-electron chi connectivity index (χ3n) is 5.26. The van der Waals surface area contributed by atoms with Gasteiger partial charge in [-0.3, -0.25) is 4.99 Å². The van der Waals surface area contributed by atoms with E-state index in [1.165, 1.54) is 5.56 Å². The number of piperazine rings is 1. The second-order valence-electron chi connectivity index (χ2n) is 7.20. The van der Waals surface area contributed by atoms with Crippen molar-refractivity contribution in [3.8, 4) is 0 Å². The Morgan fingerprint density at radius 1 is 0.968 bits per heavy atom. The van der Waals surface area contributed by atoms with Gasteiger partial charge in [0.05, 0.1) is 0 Å². The molecule has 31 heavy (non-hydrogen) atoms. The van der Waals surface area contributed by atoms with Crippen LogP contribution < -0.4 is 10.2 Å². The van der Waals surface area contributed by atoms with Gasteiger partial charge in [-0.1, -0.05) is 30.3 Å². The van der Waals surface area contributed by atoms with E-state index in [1.807, 2.05) is 31.6 Å². The summed E-state index contributed by atoms with van der Waals surface area (Å²) in [5, 5.41) is 3.50. The number of nitrogens with one attached hydrogen (secondary N) is 1. The predicted octanol–water partition coefficient (Wildman–Crippen LogP) is 2.28. The minimum absolute atomic E-state index is 0. The number of guanidine groups is 1. The summed E-state index contributed by atoms with van der Waals surface area (Å²) in [6, 6.07) is 12.3. The first-order valence-corrected chi connectivity index (χ1v) is 10.3. The van der Waals surface area contributed by atoms with E-state index in [0.717, 1.165) is 63.4 Å². The van der Waals surface area contributed by atoms with Crippen molar-refractivity contribution in [2.75, 3.05) is 44.7 Å². The van der Waals surface area contributed by atoms with Gasteiger partial charge < -0.3 is 19.7 Å². The molecular weight excluding hydrogens is 503 g/mol. The average molecular weight is 532 g/mol. The number of rotatable bonds is 6. The molecule has 8 nitrogen and oxygen atoms in total. The monoisotopic (exact) mass is 532 g/mol. The zero-order chi connectivity index (χ0) is 20.6. The molecule has 164 valence electrons. The van der Waals surface area contributed by atoms with Crippen LogP contribution in [-0.4, -0.2) is 70.1 Å². The van der Waals surface area contributed by atoms with Gasteiger partial charge in [0.2, 0.25) is 5.95 Å². The van der Waals surface area contributed by atoms with Crippen molar-refractivity contribution in [3.05, 3.63) is 72.6 Å². The van der Waals surface area contributed by atoms with Gasteiger partial charge in [-0.25, -0.2) is 15.0 Å². The molecule has 9 heteroatoms. The normalized spacial score (nSPS) is 14.3. The summed E-state index contributed by atoms with van der Waals surface area (Å²) in [7, 11) is 1.84. The SMILES string of the molecule is CN=C(NCCc1nccn1Cc1ccccc1)N1CCN(c2ncccn2)CC1.I. The molecule has 1 N–H and O–H groups in total. The molecule has 3 aromatic rings. The summed E-state index contributed by atoms with van der Waals surface area (Å²) >= 11 is 0. The molecule has 0 saturated carbocycles. The van der Waals surface area contributed by atoms with E-state index >= 15 is 0 Å². The fourth-order valence-corrected chi connectivity index (χ4v) is 3.68. The molecule has 1 aromatic carbocycles. The van der Waals surface area contributed by atoms with E-state index < -0.39 is 0 Å². The second kappa shape index (κ2) is 11.6. The van der Waals surface area contributed by atoms with Crippen LogP contribution in [0.5, 0.6) is 0 Å². The third-order valence-corrected chi connectivity index (χ3v) is 5.26. The van der Waals surface area contributed by atoms with E-state index in [0.29, 0.717) is 0 Å². The van der Waals surface area contributed by atoms with E-state index in [-0.39, 0.29) is 24.0 Å². The van der Waals surface area contributed by atoms with Crippen molar-refractivity contribution in [1.82, 2.24) is 29.7 Å². The maximum atomic E-state index is 4.54. The number of aromatic nitrogens is 4. The Kier molecular flexibility index (Phi) is 8.63. The number of hydrogen-bond donors (Lipinski definition) is 1. The van der Waals surface area contributed by atoms with Gasteiger partial charge in [0, 0.05) is 77.5 Å². The first kappa shape index (κ1) is 23.0.